The molecule has 0 saturated carbocycles. The van der Waals surface area contributed by atoms with Crippen LogP contribution in [0.25, 0.3) is 0 Å². The second-order valence-electron chi connectivity index (χ2n) is 2.40. The van der Waals surface area contributed by atoms with Gasteiger partial charge < -0.3 is 14.6 Å². The SMILES string of the molecule is [HH].[Na+].[O-]Cc1cccc2c1OC=CO2. The van der Waals surface area contributed by atoms with Crippen LogP contribution >= 0.6 is 0 Å². The van der Waals surface area contributed by atoms with Crippen molar-refractivity contribution in [3.05, 3.63) is 36.3 Å². The Hall–Kier alpha value is -0.480. The smallest absolute Gasteiger partial charge is 0.851 e. The van der Waals surface area contributed by atoms with E-state index in [2.05, 4.69) is 0 Å². The van der Waals surface area contributed by atoms with Gasteiger partial charge in [0.1, 0.15) is 12.5 Å². The molecule has 0 fully saturated rings. The second kappa shape index (κ2) is 4.67. The van der Waals surface area contributed by atoms with Crippen LogP contribution in [0.1, 0.15) is 6.99 Å². The van der Waals surface area contributed by atoms with Crippen molar-refractivity contribution in [1.82, 2.24) is 0 Å². The summed E-state index contributed by atoms with van der Waals surface area (Å²) >= 11 is 0. The molecule has 4 heteroatoms. The molecule has 0 spiro atoms. The van der Waals surface area contributed by atoms with Gasteiger partial charge in [0.05, 0.1) is 0 Å². The number of ether oxygens (including phenoxy) is 2. The molecular weight excluding hydrogens is 179 g/mol. The molecule has 0 aromatic heterocycles. The van der Waals surface area contributed by atoms with E-state index in [0.29, 0.717) is 17.1 Å². The van der Waals surface area contributed by atoms with Crippen molar-refractivity contribution < 1.29 is 45.6 Å². The first-order chi connectivity index (χ1) is 5.92. The standard InChI is InChI=1S/C9H7O3.Na.H2/c10-6-7-2-1-3-8-9(7)12-5-4-11-8;;/h1-5H,6H2;;1H/q-1;+1;. The minimum atomic E-state index is -0.291. The molecule has 1 heterocycles. The van der Waals surface area contributed by atoms with Crippen LogP contribution in [0.4, 0.5) is 0 Å². The molecule has 0 radical (unpaired) electrons. The first-order valence-corrected chi connectivity index (χ1v) is 3.60. The summed E-state index contributed by atoms with van der Waals surface area (Å²) in [7, 11) is 0. The van der Waals surface area contributed by atoms with Gasteiger partial charge in [0.15, 0.2) is 11.5 Å². The number of fused-ring (bicyclic) bond motifs is 1. The summed E-state index contributed by atoms with van der Waals surface area (Å²) in [6, 6.07) is 5.26. The van der Waals surface area contributed by atoms with E-state index in [1.807, 2.05) is 0 Å². The van der Waals surface area contributed by atoms with Crippen molar-refractivity contribution in [2.24, 2.45) is 0 Å². The normalized spacial score (nSPS) is 12.1. The van der Waals surface area contributed by atoms with Crippen molar-refractivity contribution in [3.63, 3.8) is 0 Å². The van der Waals surface area contributed by atoms with E-state index < -0.39 is 0 Å². The van der Waals surface area contributed by atoms with Gasteiger partial charge in [-0.2, -0.15) is 0 Å². The summed E-state index contributed by atoms with van der Waals surface area (Å²) in [5, 5.41) is 10.6. The Morgan fingerprint density at radius 1 is 1.23 bits per heavy atom. The van der Waals surface area contributed by atoms with E-state index in [4.69, 9.17) is 9.47 Å². The largest absolute Gasteiger partial charge is 1.00 e. The van der Waals surface area contributed by atoms with Gasteiger partial charge in [0.2, 0.25) is 0 Å². The molecule has 1 aliphatic heterocycles. The maximum atomic E-state index is 10.6. The zero-order valence-electron chi connectivity index (χ0n) is 7.32. The first kappa shape index (κ1) is 10.6. The summed E-state index contributed by atoms with van der Waals surface area (Å²) in [6.07, 6.45) is 2.86. The molecule has 3 nitrogen and oxygen atoms in total. The quantitative estimate of drug-likeness (QED) is 0.480. The van der Waals surface area contributed by atoms with Crippen LogP contribution in [-0.2, 0) is 6.61 Å². The van der Waals surface area contributed by atoms with Crippen molar-refractivity contribution in [3.8, 4) is 11.5 Å². The number of rotatable bonds is 1. The molecule has 2 rings (SSSR count). The summed E-state index contributed by atoms with van der Waals surface area (Å²) in [5.74, 6) is 1.14. The zero-order chi connectivity index (χ0) is 8.39. The Labute approximate surface area is 99.8 Å². The van der Waals surface area contributed by atoms with Crippen LogP contribution in [0.5, 0.6) is 11.5 Å². The zero-order valence-corrected chi connectivity index (χ0v) is 9.32. The van der Waals surface area contributed by atoms with Gasteiger partial charge in [-0.05, 0) is 11.6 Å². The molecule has 0 saturated heterocycles. The van der Waals surface area contributed by atoms with Crippen LogP contribution in [0, 0.1) is 0 Å². The van der Waals surface area contributed by atoms with E-state index in [1.165, 1.54) is 12.5 Å². The van der Waals surface area contributed by atoms with E-state index in [0.717, 1.165) is 0 Å². The molecule has 13 heavy (non-hydrogen) atoms. The van der Waals surface area contributed by atoms with E-state index >= 15 is 0 Å². The average Bonchev–Trinajstić information content (AvgIpc) is 2.17. The van der Waals surface area contributed by atoms with E-state index in [-0.39, 0.29) is 37.6 Å². The maximum absolute atomic E-state index is 10.6. The van der Waals surface area contributed by atoms with Gasteiger partial charge in [-0.3, -0.25) is 0 Å². The van der Waals surface area contributed by atoms with E-state index in [9.17, 15) is 5.11 Å². The Balaban J connectivity index is 0.000000845. The second-order valence-corrected chi connectivity index (χ2v) is 2.40. The third-order valence-corrected chi connectivity index (χ3v) is 1.65. The summed E-state index contributed by atoms with van der Waals surface area (Å²) < 4.78 is 10.3. The van der Waals surface area contributed by atoms with Crippen molar-refractivity contribution in [2.45, 2.75) is 6.61 Å². The summed E-state index contributed by atoms with van der Waals surface area (Å²) in [6.45, 7) is -0.291. The molecule has 1 aromatic carbocycles. The predicted octanol–water partition coefficient (Wildman–Crippen LogP) is -1.96. The predicted molar refractivity (Wildman–Crippen MR) is 42.7 cm³/mol. The Morgan fingerprint density at radius 2 is 2.00 bits per heavy atom. The summed E-state index contributed by atoms with van der Waals surface area (Å²) in [5.41, 5.74) is 0.622. The molecule has 64 valence electrons. The van der Waals surface area contributed by atoms with Gasteiger partial charge in [-0.15, -0.1) is 6.61 Å². The minimum absolute atomic E-state index is 0. The van der Waals surface area contributed by atoms with Crippen LogP contribution in [0.3, 0.4) is 0 Å². The Bertz CT molecular complexity index is 328. The van der Waals surface area contributed by atoms with Gasteiger partial charge in [0.25, 0.3) is 0 Å². The number of para-hydroxylation sites is 1. The number of hydrogen-bond acceptors (Lipinski definition) is 3. The van der Waals surface area contributed by atoms with Crippen LogP contribution in [-0.4, -0.2) is 0 Å². The molecular formula is C9H9NaO3. The third-order valence-electron chi connectivity index (χ3n) is 1.65. The van der Waals surface area contributed by atoms with E-state index in [1.54, 1.807) is 18.2 Å². The number of hydrogen-bond donors (Lipinski definition) is 0. The van der Waals surface area contributed by atoms with Gasteiger partial charge in [-0.1, -0.05) is 12.1 Å². The maximum Gasteiger partial charge on any atom is 1.00 e. The molecule has 0 amide bonds. The minimum Gasteiger partial charge on any atom is -0.851 e. The van der Waals surface area contributed by atoms with Crippen molar-refractivity contribution >= 4 is 0 Å². The fraction of sp³-hybridized carbons (Fsp3) is 0.111. The monoisotopic (exact) mass is 188 g/mol. The summed E-state index contributed by atoms with van der Waals surface area (Å²) in [4.78, 5) is 0. The van der Waals surface area contributed by atoms with Crippen LogP contribution in [0.2, 0.25) is 0 Å². The molecule has 0 N–H and O–H groups in total. The van der Waals surface area contributed by atoms with Crippen LogP contribution in [0.15, 0.2) is 30.7 Å². The average molecular weight is 188 g/mol. The molecule has 0 bridgehead atoms. The molecule has 0 aliphatic carbocycles. The molecule has 1 aromatic rings. The topological polar surface area (TPSA) is 41.5 Å². The van der Waals surface area contributed by atoms with Gasteiger partial charge in [-0.25, -0.2) is 0 Å². The Kier molecular flexibility index (Phi) is 3.81. The third kappa shape index (κ3) is 2.06. The molecule has 0 unspecified atom stereocenters. The number of benzene rings is 1. The first-order valence-electron chi connectivity index (χ1n) is 3.60. The van der Waals surface area contributed by atoms with Crippen LogP contribution < -0.4 is 44.1 Å². The van der Waals surface area contributed by atoms with Gasteiger partial charge >= 0.3 is 29.6 Å². The fourth-order valence-electron chi connectivity index (χ4n) is 1.10. The fourth-order valence-corrected chi connectivity index (χ4v) is 1.10. The van der Waals surface area contributed by atoms with Gasteiger partial charge in [0, 0.05) is 1.43 Å². The Morgan fingerprint density at radius 3 is 2.77 bits per heavy atom. The molecule has 0 atom stereocenters. The van der Waals surface area contributed by atoms with Crippen molar-refractivity contribution in [2.75, 3.05) is 0 Å². The van der Waals surface area contributed by atoms with Crippen molar-refractivity contribution in [1.29, 1.82) is 0 Å². The molecule has 1 aliphatic rings.